The maximum Gasteiger partial charge on any atom is 0.260 e. The van der Waals surface area contributed by atoms with E-state index in [4.69, 9.17) is 10.5 Å². The van der Waals surface area contributed by atoms with Crippen LogP contribution in [0.1, 0.15) is 27.2 Å². The standard InChI is InChI=1S/C15H25N3O2/c1-6-10(2)17-15(19)11(3)20-14-9-12(18(4)5)7-8-13(14)16/h7-11H,6,16H2,1-5H3,(H,17,19). The summed E-state index contributed by atoms with van der Waals surface area (Å²) in [6, 6.07) is 5.66. The van der Waals surface area contributed by atoms with Crippen LogP contribution in [0.2, 0.25) is 0 Å². The minimum absolute atomic E-state index is 0.131. The fraction of sp³-hybridized carbons (Fsp3) is 0.533. The molecule has 1 aromatic carbocycles. The van der Waals surface area contributed by atoms with Crippen LogP contribution < -0.4 is 20.7 Å². The Morgan fingerprint density at radius 3 is 2.60 bits per heavy atom. The summed E-state index contributed by atoms with van der Waals surface area (Å²) < 4.78 is 5.68. The van der Waals surface area contributed by atoms with E-state index in [1.807, 2.05) is 45.0 Å². The summed E-state index contributed by atoms with van der Waals surface area (Å²) in [6.45, 7) is 5.71. The van der Waals surface area contributed by atoms with Crippen LogP contribution >= 0.6 is 0 Å². The Labute approximate surface area is 121 Å². The van der Waals surface area contributed by atoms with Crippen molar-refractivity contribution in [2.45, 2.75) is 39.3 Å². The van der Waals surface area contributed by atoms with Gasteiger partial charge in [0.15, 0.2) is 6.10 Å². The lowest BCUT2D eigenvalue weighted by atomic mass is 10.2. The lowest BCUT2D eigenvalue weighted by molar-refractivity contribution is -0.127. The van der Waals surface area contributed by atoms with Gasteiger partial charge in [-0.25, -0.2) is 0 Å². The first-order valence-electron chi connectivity index (χ1n) is 6.89. The molecule has 2 atom stereocenters. The number of ether oxygens (including phenoxy) is 1. The first kappa shape index (κ1) is 16.1. The second kappa shape index (κ2) is 7.03. The van der Waals surface area contributed by atoms with E-state index in [0.29, 0.717) is 11.4 Å². The van der Waals surface area contributed by atoms with Crippen LogP contribution in [0.5, 0.6) is 5.75 Å². The Hall–Kier alpha value is -1.91. The van der Waals surface area contributed by atoms with Gasteiger partial charge in [-0.3, -0.25) is 4.79 Å². The molecule has 5 heteroatoms. The zero-order chi connectivity index (χ0) is 15.3. The summed E-state index contributed by atoms with van der Waals surface area (Å²) in [5, 5.41) is 2.89. The molecule has 0 bridgehead atoms. The third kappa shape index (κ3) is 4.33. The van der Waals surface area contributed by atoms with Crippen LogP contribution in [-0.2, 0) is 4.79 Å². The molecule has 0 fully saturated rings. The maximum atomic E-state index is 12.0. The van der Waals surface area contributed by atoms with Gasteiger partial charge < -0.3 is 20.7 Å². The first-order chi connectivity index (χ1) is 9.35. The second-order valence-corrected chi connectivity index (χ2v) is 5.19. The maximum absolute atomic E-state index is 12.0. The highest BCUT2D eigenvalue weighted by atomic mass is 16.5. The zero-order valence-electron chi connectivity index (χ0n) is 12.9. The summed E-state index contributed by atoms with van der Waals surface area (Å²) in [7, 11) is 3.88. The number of carbonyl (C=O) groups is 1. The van der Waals surface area contributed by atoms with Crippen molar-refractivity contribution in [2.75, 3.05) is 24.7 Å². The Morgan fingerprint density at radius 1 is 1.40 bits per heavy atom. The Balaban J connectivity index is 2.77. The molecule has 0 spiro atoms. The van der Waals surface area contributed by atoms with Gasteiger partial charge in [0.2, 0.25) is 0 Å². The molecule has 1 amide bonds. The smallest absolute Gasteiger partial charge is 0.260 e. The van der Waals surface area contributed by atoms with Crippen LogP contribution in [0.25, 0.3) is 0 Å². The number of benzene rings is 1. The quantitative estimate of drug-likeness (QED) is 0.782. The molecule has 0 heterocycles. The minimum atomic E-state index is -0.580. The second-order valence-electron chi connectivity index (χ2n) is 5.19. The van der Waals surface area contributed by atoms with Gasteiger partial charge in [0, 0.05) is 31.9 Å². The van der Waals surface area contributed by atoms with E-state index in [-0.39, 0.29) is 11.9 Å². The van der Waals surface area contributed by atoms with Crippen molar-refractivity contribution in [3.05, 3.63) is 18.2 Å². The van der Waals surface area contributed by atoms with E-state index < -0.39 is 6.10 Å². The molecule has 0 aliphatic carbocycles. The van der Waals surface area contributed by atoms with Gasteiger partial charge in [-0.2, -0.15) is 0 Å². The highest BCUT2D eigenvalue weighted by molar-refractivity contribution is 5.81. The molecule has 20 heavy (non-hydrogen) atoms. The molecule has 5 nitrogen and oxygen atoms in total. The van der Waals surface area contributed by atoms with E-state index in [9.17, 15) is 4.79 Å². The van der Waals surface area contributed by atoms with Crippen molar-refractivity contribution in [1.29, 1.82) is 0 Å². The number of rotatable bonds is 6. The normalized spacial score (nSPS) is 13.4. The number of amides is 1. The van der Waals surface area contributed by atoms with Crippen molar-refractivity contribution in [3.8, 4) is 5.75 Å². The molecule has 1 rings (SSSR count). The minimum Gasteiger partial charge on any atom is -0.479 e. The molecule has 0 aliphatic heterocycles. The molecule has 112 valence electrons. The van der Waals surface area contributed by atoms with Crippen LogP contribution in [-0.4, -0.2) is 32.1 Å². The third-order valence-corrected chi connectivity index (χ3v) is 3.19. The number of nitrogens with one attached hydrogen (secondary N) is 1. The Kier molecular flexibility index (Phi) is 5.67. The fourth-order valence-electron chi connectivity index (χ4n) is 1.61. The third-order valence-electron chi connectivity index (χ3n) is 3.19. The van der Waals surface area contributed by atoms with E-state index in [2.05, 4.69) is 5.32 Å². The number of nitrogen functional groups attached to an aromatic ring is 1. The summed E-state index contributed by atoms with van der Waals surface area (Å²) in [5.74, 6) is 0.400. The van der Waals surface area contributed by atoms with Crippen molar-refractivity contribution in [2.24, 2.45) is 0 Å². The van der Waals surface area contributed by atoms with Gasteiger partial charge in [-0.05, 0) is 32.4 Å². The summed E-state index contributed by atoms with van der Waals surface area (Å²) in [4.78, 5) is 13.9. The average Bonchev–Trinajstić information content (AvgIpc) is 2.40. The van der Waals surface area contributed by atoms with Gasteiger partial charge in [-0.15, -0.1) is 0 Å². The lowest BCUT2D eigenvalue weighted by Crippen LogP contribution is -2.41. The number of carbonyl (C=O) groups excluding carboxylic acids is 1. The van der Waals surface area contributed by atoms with Crippen molar-refractivity contribution >= 4 is 17.3 Å². The van der Waals surface area contributed by atoms with Gasteiger partial charge in [0.25, 0.3) is 5.91 Å². The number of hydrogen-bond donors (Lipinski definition) is 2. The monoisotopic (exact) mass is 279 g/mol. The van der Waals surface area contributed by atoms with E-state index in [1.54, 1.807) is 13.0 Å². The Morgan fingerprint density at radius 2 is 2.05 bits per heavy atom. The molecule has 0 aromatic heterocycles. The molecular weight excluding hydrogens is 254 g/mol. The predicted octanol–water partition coefficient (Wildman–Crippen LogP) is 2.02. The zero-order valence-corrected chi connectivity index (χ0v) is 12.9. The molecule has 3 N–H and O–H groups in total. The fourth-order valence-corrected chi connectivity index (χ4v) is 1.61. The molecule has 0 radical (unpaired) electrons. The number of anilines is 2. The van der Waals surface area contributed by atoms with Crippen LogP contribution in [0.3, 0.4) is 0 Å². The lowest BCUT2D eigenvalue weighted by Gasteiger charge is -2.20. The molecule has 0 saturated heterocycles. The summed E-state index contributed by atoms with van der Waals surface area (Å²) in [5.41, 5.74) is 7.39. The Bertz CT molecular complexity index is 460. The summed E-state index contributed by atoms with van der Waals surface area (Å²) in [6.07, 6.45) is 0.306. The van der Waals surface area contributed by atoms with Crippen LogP contribution in [0, 0.1) is 0 Å². The highest BCUT2D eigenvalue weighted by Gasteiger charge is 2.17. The topological polar surface area (TPSA) is 67.6 Å². The average molecular weight is 279 g/mol. The molecule has 0 saturated carbocycles. The van der Waals surface area contributed by atoms with Gasteiger partial charge in [0.05, 0.1) is 5.69 Å². The van der Waals surface area contributed by atoms with Gasteiger partial charge >= 0.3 is 0 Å². The molecular formula is C15H25N3O2. The van der Waals surface area contributed by atoms with E-state index >= 15 is 0 Å². The largest absolute Gasteiger partial charge is 0.479 e. The predicted molar refractivity (Wildman–Crippen MR) is 83.2 cm³/mol. The molecule has 0 aliphatic rings. The summed E-state index contributed by atoms with van der Waals surface area (Å²) >= 11 is 0. The van der Waals surface area contributed by atoms with Gasteiger partial charge in [0.1, 0.15) is 5.75 Å². The number of nitrogens with zero attached hydrogens (tertiary/aromatic N) is 1. The van der Waals surface area contributed by atoms with Crippen molar-refractivity contribution in [1.82, 2.24) is 5.32 Å². The van der Waals surface area contributed by atoms with Gasteiger partial charge in [-0.1, -0.05) is 6.92 Å². The van der Waals surface area contributed by atoms with E-state index in [1.165, 1.54) is 0 Å². The molecule has 1 aromatic rings. The SMILES string of the molecule is CCC(C)NC(=O)C(C)Oc1cc(N(C)C)ccc1N. The highest BCUT2D eigenvalue weighted by Crippen LogP contribution is 2.27. The van der Waals surface area contributed by atoms with E-state index in [0.717, 1.165) is 12.1 Å². The van der Waals surface area contributed by atoms with Crippen LogP contribution in [0.4, 0.5) is 11.4 Å². The number of hydrogen-bond acceptors (Lipinski definition) is 4. The van der Waals surface area contributed by atoms with Crippen LogP contribution in [0.15, 0.2) is 18.2 Å². The van der Waals surface area contributed by atoms with Crippen molar-refractivity contribution < 1.29 is 9.53 Å². The first-order valence-corrected chi connectivity index (χ1v) is 6.89. The number of nitrogens with two attached hydrogens (primary N) is 1. The molecule has 2 unspecified atom stereocenters. The van der Waals surface area contributed by atoms with Crippen molar-refractivity contribution in [3.63, 3.8) is 0 Å².